The van der Waals surface area contributed by atoms with Crippen molar-refractivity contribution in [2.24, 2.45) is 0 Å². The van der Waals surface area contributed by atoms with Gasteiger partial charge in [-0.15, -0.1) is 0 Å². The lowest BCUT2D eigenvalue weighted by Crippen LogP contribution is -2.35. The summed E-state index contributed by atoms with van der Waals surface area (Å²) in [7, 11) is 5.25. The molecule has 0 saturated heterocycles. The maximum atomic E-state index is 13.1. The van der Waals surface area contributed by atoms with Gasteiger partial charge in [0, 0.05) is 25.7 Å². The molecule has 6 nitrogen and oxygen atoms in total. The lowest BCUT2D eigenvalue weighted by atomic mass is 10.1. The van der Waals surface area contributed by atoms with Gasteiger partial charge in [-0.3, -0.25) is 4.79 Å². The number of carbonyl (C=O) groups is 1. The summed E-state index contributed by atoms with van der Waals surface area (Å²) < 4.78 is 55.8. The fourth-order valence-corrected chi connectivity index (χ4v) is 3.32. The topological polar surface area (TPSA) is 51.2 Å². The normalized spacial score (nSPS) is 13.4. The predicted octanol–water partition coefficient (Wildman–Crippen LogP) is 4.09. The Morgan fingerprint density at radius 2 is 1.88 bits per heavy atom. The van der Waals surface area contributed by atoms with Crippen molar-refractivity contribution in [3.8, 4) is 17.2 Å². The molecule has 2 aromatic carbocycles. The second kappa shape index (κ2) is 10.6. The Morgan fingerprint density at radius 3 is 2.58 bits per heavy atom. The van der Waals surface area contributed by atoms with Crippen molar-refractivity contribution in [3.05, 3.63) is 59.2 Å². The number of methoxy groups -OCH3 is 1. The van der Waals surface area contributed by atoms with E-state index in [1.807, 2.05) is 19.0 Å². The number of alkyl halides is 3. The molecule has 0 N–H and O–H groups in total. The molecular formula is C24H27F3N2O4. The maximum Gasteiger partial charge on any atom is 0.416 e. The molecule has 1 aliphatic rings. The maximum absolute atomic E-state index is 13.1. The number of hydrogen-bond acceptors (Lipinski definition) is 5. The first-order valence-electron chi connectivity index (χ1n) is 10.4. The zero-order valence-corrected chi connectivity index (χ0v) is 18.8. The van der Waals surface area contributed by atoms with Crippen molar-refractivity contribution < 1.29 is 32.2 Å². The van der Waals surface area contributed by atoms with Crippen LogP contribution in [0.2, 0.25) is 0 Å². The highest BCUT2D eigenvalue weighted by Crippen LogP contribution is 2.40. The lowest BCUT2D eigenvalue weighted by Gasteiger charge is -2.24. The van der Waals surface area contributed by atoms with Gasteiger partial charge in [0.05, 0.1) is 12.7 Å². The van der Waals surface area contributed by atoms with Crippen LogP contribution >= 0.6 is 0 Å². The van der Waals surface area contributed by atoms with E-state index in [2.05, 4.69) is 0 Å². The standard InChI is InChI=1S/C24H27F3N2O4/c1-28(2)9-10-29(16-18-5-4-6-19(13-18)24(25,26)27)22(30)8-7-17-14-20(31-3)23-21(15-17)32-11-12-33-23/h4-8,13-15H,9-12,16H2,1-3H3/b8-7+. The third kappa shape index (κ3) is 6.64. The fourth-order valence-electron chi connectivity index (χ4n) is 3.32. The van der Waals surface area contributed by atoms with Gasteiger partial charge in [0.2, 0.25) is 11.7 Å². The molecule has 2 aromatic rings. The zero-order chi connectivity index (χ0) is 24.0. The van der Waals surface area contributed by atoms with E-state index in [0.717, 1.165) is 12.1 Å². The fraction of sp³-hybridized carbons (Fsp3) is 0.375. The summed E-state index contributed by atoms with van der Waals surface area (Å²) >= 11 is 0. The lowest BCUT2D eigenvalue weighted by molar-refractivity contribution is -0.137. The van der Waals surface area contributed by atoms with Gasteiger partial charge in [-0.1, -0.05) is 12.1 Å². The molecule has 9 heteroatoms. The van der Waals surface area contributed by atoms with Crippen LogP contribution in [0.5, 0.6) is 17.2 Å². The molecule has 1 amide bonds. The Labute approximate surface area is 191 Å². The number of rotatable bonds is 8. The van der Waals surface area contributed by atoms with Crippen LogP contribution in [-0.4, -0.2) is 63.2 Å². The zero-order valence-electron chi connectivity index (χ0n) is 18.8. The number of benzene rings is 2. The molecule has 33 heavy (non-hydrogen) atoms. The summed E-state index contributed by atoms with van der Waals surface area (Å²) in [5.74, 6) is 1.22. The molecule has 0 aliphatic carbocycles. The number of hydrogen-bond donors (Lipinski definition) is 0. The van der Waals surface area contributed by atoms with Crippen molar-refractivity contribution >= 4 is 12.0 Å². The van der Waals surface area contributed by atoms with Crippen LogP contribution in [0.25, 0.3) is 6.08 Å². The first-order chi connectivity index (χ1) is 15.7. The minimum Gasteiger partial charge on any atom is -0.493 e. The third-order valence-electron chi connectivity index (χ3n) is 5.03. The van der Waals surface area contributed by atoms with E-state index in [0.29, 0.717) is 54.7 Å². The summed E-state index contributed by atoms with van der Waals surface area (Å²) in [5.41, 5.74) is 0.348. The van der Waals surface area contributed by atoms with Gasteiger partial charge < -0.3 is 24.0 Å². The molecule has 0 atom stereocenters. The number of nitrogens with zero attached hydrogens (tertiary/aromatic N) is 2. The van der Waals surface area contributed by atoms with Gasteiger partial charge in [0.15, 0.2) is 11.5 Å². The van der Waals surface area contributed by atoms with E-state index >= 15 is 0 Å². The number of carbonyl (C=O) groups excluding carboxylic acids is 1. The minimum absolute atomic E-state index is 0.0609. The molecule has 178 valence electrons. The van der Waals surface area contributed by atoms with Crippen LogP contribution in [0.3, 0.4) is 0 Å². The summed E-state index contributed by atoms with van der Waals surface area (Å²) in [6, 6.07) is 8.51. The molecule has 0 fully saturated rings. The van der Waals surface area contributed by atoms with Crippen LogP contribution in [-0.2, 0) is 17.5 Å². The monoisotopic (exact) mass is 464 g/mol. The Hall–Kier alpha value is -3.20. The number of likely N-dealkylation sites (N-methyl/N-ethyl adjacent to an activating group) is 1. The molecular weight excluding hydrogens is 437 g/mol. The van der Waals surface area contributed by atoms with Crippen LogP contribution in [0.4, 0.5) is 13.2 Å². The smallest absolute Gasteiger partial charge is 0.416 e. The third-order valence-corrected chi connectivity index (χ3v) is 5.03. The first kappa shape index (κ1) is 24.4. The SMILES string of the molecule is COc1cc(/C=C/C(=O)N(CCN(C)C)Cc2cccc(C(F)(F)F)c2)cc2c1OCCO2. The number of fused-ring (bicyclic) bond motifs is 1. The van der Waals surface area contributed by atoms with Crippen LogP contribution in [0.15, 0.2) is 42.5 Å². The molecule has 1 heterocycles. The van der Waals surface area contributed by atoms with Gasteiger partial charge in [0.25, 0.3) is 0 Å². The van der Waals surface area contributed by atoms with E-state index in [4.69, 9.17) is 14.2 Å². The highest BCUT2D eigenvalue weighted by Gasteiger charge is 2.30. The van der Waals surface area contributed by atoms with E-state index in [9.17, 15) is 18.0 Å². The quantitative estimate of drug-likeness (QED) is 0.551. The highest BCUT2D eigenvalue weighted by molar-refractivity contribution is 5.92. The van der Waals surface area contributed by atoms with E-state index in [-0.39, 0.29) is 12.5 Å². The van der Waals surface area contributed by atoms with Crippen molar-refractivity contribution in [1.82, 2.24) is 9.80 Å². The molecule has 1 aliphatic heterocycles. The molecule has 0 unspecified atom stereocenters. The number of halogens is 3. The van der Waals surface area contributed by atoms with Gasteiger partial charge >= 0.3 is 6.18 Å². The van der Waals surface area contributed by atoms with Crippen LogP contribution in [0.1, 0.15) is 16.7 Å². The van der Waals surface area contributed by atoms with Crippen molar-refractivity contribution in [2.45, 2.75) is 12.7 Å². The Bertz CT molecular complexity index is 988. The highest BCUT2D eigenvalue weighted by atomic mass is 19.4. The molecule has 0 bridgehead atoms. The average molecular weight is 464 g/mol. The number of ether oxygens (including phenoxy) is 3. The van der Waals surface area contributed by atoms with Crippen molar-refractivity contribution in [1.29, 1.82) is 0 Å². The van der Waals surface area contributed by atoms with Gasteiger partial charge in [-0.2, -0.15) is 13.2 Å². The summed E-state index contributed by atoms with van der Waals surface area (Å²) in [4.78, 5) is 16.4. The summed E-state index contributed by atoms with van der Waals surface area (Å²) in [6.07, 6.45) is -1.42. The van der Waals surface area contributed by atoms with Gasteiger partial charge in [-0.25, -0.2) is 0 Å². The van der Waals surface area contributed by atoms with E-state index < -0.39 is 11.7 Å². The van der Waals surface area contributed by atoms with Crippen LogP contribution < -0.4 is 14.2 Å². The van der Waals surface area contributed by atoms with Gasteiger partial charge in [0.1, 0.15) is 13.2 Å². The summed E-state index contributed by atoms with van der Waals surface area (Å²) in [6.45, 7) is 1.82. The molecule has 0 radical (unpaired) electrons. The molecule has 0 spiro atoms. The van der Waals surface area contributed by atoms with Crippen LogP contribution in [0, 0.1) is 0 Å². The molecule has 0 aromatic heterocycles. The second-order valence-corrected chi connectivity index (χ2v) is 7.84. The van der Waals surface area contributed by atoms with E-state index in [1.165, 1.54) is 24.2 Å². The Kier molecular flexibility index (Phi) is 7.86. The molecule has 3 rings (SSSR count). The predicted molar refractivity (Wildman–Crippen MR) is 118 cm³/mol. The van der Waals surface area contributed by atoms with Crippen molar-refractivity contribution in [3.63, 3.8) is 0 Å². The minimum atomic E-state index is -4.44. The first-order valence-corrected chi connectivity index (χ1v) is 10.4. The number of amides is 1. The Morgan fingerprint density at radius 1 is 1.12 bits per heavy atom. The molecule has 0 saturated carbocycles. The Balaban J connectivity index is 1.80. The largest absolute Gasteiger partial charge is 0.493 e. The second-order valence-electron chi connectivity index (χ2n) is 7.84. The van der Waals surface area contributed by atoms with Crippen molar-refractivity contribution in [2.75, 3.05) is 47.5 Å². The van der Waals surface area contributed by atoms with E-state index in [1.54, 1.807) is 24.3 Å². The average Bonchev–Trinajstić information content (AvgIpc) is 2.79. The van der Waals surface area contributed by atoms with Gasteiger partial charge in [-0.05, 0) is 55.6 Å². The summed E-state index contributed by atoms with van der Waals surface area (Å²) in [5, 5.41) is 0.